The van der Waals surface area contributed by atoms with Crippen molar-refractivity contribution in [3.63, 3.8) is 0 Å². The van der Waals surface area contributed by atoms with Crippen molar-refractivity contribution in [3.8, 4) is 0 Å². The lowest BCUT2D eigenvalue weighted by molar-refractivity contribution is -0.548. The number of aliphatic hydroxyl groups is 1. The van der Waals surface area contributed by atoms with Crippen LogP contribution in [0.1, 0.15) is 12.5 Å². The number of rotatable bonds is 4. The molecule has 26 heavy (non-hydrogen) atoms. The van der Waals surface area contributed by atoms with Crippen LogP contribution >= 0.6 is 23.4 Å². The number of aliphatic hydroxyl groups excluding tert-OH is 1. The van der Waals surface area contributed by atoms with Gasteiger partial charge in [-0.3, -0.25) is 14.6 Å². The summed E-state index contributed by atoms with van der Waals surface area (Å²) >= 11 is 7.64. The number of imide groups is 1. The average molecular weight is 396 g/mol. The van der Waals surface area contributed by atoms with Crippen LogP contribution in [-0.4, -0.2) is 74.4 Å². The molecule has 0 spiro atoms. The lowest BCUT2D eigenvalue weighted by Gasteiger charge is -2.30. The molecular formula is C17H20ClN4O3S+. The number of amides is 3. The van der Waals surface area contributed by atoms with Crippen LogP contribution in [0.4, 0.5) is 4.79 Å². The number of hydrogen-bond acceptors (Lipinski definition) is 5. The van der Waals surface area contributed by atoms with Gasteiger partial charge in [-0.1, -0.05) is 29.8 Å². The monoisotopic (exact) mass is 395 g/mol. The first-order chi connectivity index (χ1) is 12.3. The van der Waals surface area contributed by atoms with Gasteiger partial charge in [-0.15, -0.1) is 0 Å². The third-order valence-corrected chi connectivity index (χ3v) is 5.85. The topological polar surface area (TPSA) is 76.2 Å². The Morgan fingerprint density at radius 3 is 2.65 bits per heavy atom. The van der Waals surface area contributed by atoms with E-state index in [2.05, 4.69) is 4.99 Å². The fraction of sp³-hybridized carbons (Fsp3) is 0.412. The molecule has 1 saturated heterocycles. The number of thioether (sulfide) groups is 1. The maximum Gasteiger partial charge on any atom is 0.358 e. The minimum atomic E-state index is -0.685. The van der Waals surface area contributed by atoms with Crippen LogP contribution in [0.5, 0.6) is 0 Å². The SMILES string of the molecule is CC(O)CSC1=[N+](Cc2ccccc2Cl)C2C(=O)N(C)C(=O)N(C)C2=N1. The van der Waals surface area contributed by atoms with E-state index in [0.29, 0.717) is 28.3 Å². The summed E-state index contributed by atoms with van der Waals surface area (Å²) in [6, 6.07) is 6.31. The summed E-state index contributed by atoms with van der Waals surface area (Å²) in [6.07, 6.45) is -0.518. The van der Waals surface area contributed by atoms with Crippen molar-refractivity contribution in [1.82, 2.24) is 9.80 Å². The largest absolute Gasteiger partial charge is 0.393 e. The molecule has 9 heteroatoms. The van der Waals surface area contributed by atoms with Crippen molar-refractivity contribution in [1.29, 1.82) is 0 Å². The van der Waals surface area contributed by atoms with Crippen LogP contribution in [0.3, 0.4) is 0 Å². The van der Waals surface area contributed by atoms with Gasteiger partial charge >= 0.3 is 11.2 Å². The smallest absolute Gasteiger partial charge is 0.358 e. The fourth-order valence-electron chi connectivity index (χ4n) is 2.86. The molecule has 2 aliphatic heterocycles. The number of fused-ring (bicyclic) bond motifs is 1. The number of likely N-dealkylation sites (N-methyl/N-ethyl adjacent to an activating group) is 2. The van der Waals surface area contributed by atoms with Gasteiger partial charge in [0.25, 0.3) is 17.8 Å². The second-order valence-electron chi connectivity index (χ2n) is 6.27. The van der Waals surface area contributed by atoms with Crippen LogP contribution in [0.2, 0.25) is 5.02 Å². The lowest BCUT2D eigenvalue weighted by atomic mass is 10.1. The van der Waals surface area contributed by atoms with Gasteiger partial charge in [-0.2, -0.15) is 0 Å². The average Bonchev–Trinajstić information content (AvgIpc) is 2.97. The first-order valence-corrected chi connectivity index (χ1v) is 9.49. The molecule has 2 unspecified atom stereocenters. The molecule has 0 saturated carbocycles. The van der Waals surface area contributed by atoms with Crippen LogP contribution in [0.25, 0.3) is 0 Å². The van der Waals surface area contributed by atoms with E-state index in [1.165, 1.54) is 23.7 Å². The van der Waals surface area contributed by atoms with E-state index in [1.54, 1.807) is 20.0 Å². The lowest BCUT2D eigenvalue weighted by Crippen LogP contribution is -2.61. The molecule has 3 amide bonds. The van der Waals surface area contributed by atoms with Crippen LogP contribution in [-0.2, 0) is 11.3 Å². The van der Waals surface area contributed by atoms with Gasteiger partial charge < -0.3 is 5.11 Å². The minimum absolute atomic E-state index is 0.327. The summed E-state index contributed by atoms with van der Waals surface area (Å²) in [6.45, 7) is 2.07. The van der Waals surface area contributed by atoms with Gasteiger partial charge in [-0.25, -0.2) is 9.37 Å². The Kier molecular flexibility index (Phi) is 5.36. The molecule has 1 aromatic rings. The molecule has 138 valence electrons. The van der Waals surface area contributed by atoms with Gasteiger partial charge in [0.15, 0.2) is 0 Å². The summed E-state index contributed by atoms with van der Waals surface area (Å²) in [5.41, 5.74) is 0.857. The molecule has 0 aromatic heterocycles. The number of benzene rings is 1. The molecule has 0 bridgehead atoms. The highest BCUT2D eigenvalue weighted by Crippen LogP contribution is 2.26. The summed E-state index contributed by atoms with van der Waals surface area (Å²) in [7, 11) is 3.07. The highest BCUT2D eigenvalue weighted by molar-refractivity contribution is 8.13. The van der Waals surface area contributed by atoms with E-state index in [4.69, 9.17) is 11.6 Å². The van der Waals surface area contributed by atoms with E-state index >= 15 is 0 Å². The Labute approximate surface area is 160 Å². The van der Waals surface area contributed by atoms with Gasteiger partial charge in [0.2, 0.25) is 0 Å². The van der Waals surface area contributed by atoms with Crippen molar-refractivity contribution >= 4 is 46.3 Å². The first-order valence-electron chi connectivity index (χ1n) is 8.13. The van der Waals surface area contributed by atoms with Crippen molar-refractivity contribution < 1.29 is 19.3 Å². The third kappa shape index (κ3) is 3.36. The molecule has 0 radical (unpaired) electrons. The number of nitrogens with zero attached hydrogens (tertiary/aromatic N) is 4. The molecule has 3 rings (SSSR count). The maximum absolute atomic E-state index is 12.8. The fourth-order valence-corrected chi connectivity index (χ4v) is 3.94. The normalized spacial score (nSPS) is 21.3. The summed E-state index contributed by atoms with van der Waals surface area (Å²) in [4.78, 5) is 32.0. The van der Waals surface area contributed by atoms with Crippen LogP contribution in [0, 0.1) is 0 Å². The van der Waals surface area contributed by atoms with Gasteiger partial charge in [-0.05, 0) is 29.7 Å². The van der Waals surface area contributed by atoms with Crippen molar-refractivity contribution in [3.05, 3.63) is 34.9 Å². The number of urea groups is 1. The quantitative estimate of drug-likeness (QED) is 0.786. The Hall–Kier alpha value is -1.90. The number of aliphatic imine (C=N–C) groups is 1. The number of carbonyl (C=O) groups is 2. The third-order valence-electron chi connectivity index (χ3n) is 4.25. The molecule has 2 atom stereocenters. The zero-order valence-corrected chi connectivity index (χ0v) is 16.3. The molecule has 2 aliphatic rings. The number of hydrogen-bond donors (Lipinski definition) is 1. The second-order valence-corrected chi connectivity index (χ2v) is 7.67. The maximum atomic E-state index is 12.8. The number of carbonyl (C=O) groups excluding carboxylic acids is 2. The van der Waals surface area contributed by atoms with Crippen molar-refractivity contribution in [2.75, 3.05) is 19.8 Å². The predicted molar refractivity (Wildman–Crippen MR) is 102 cm³/mol. The predicted octanol–water partition coefficient (Wildman–Crippen LogP) is 1.63. The Balaban J connectivity index is 2.01. The van der Waals surface area contributed by atoms with E-state index in [0.717, 1.165) is 10.5 Å². The Bertz CT molecular complexity index is 824. The number of halogens is 1. The minimum Gasteiger partial charge on any atom is -0.393 e. The Morgan fingerprint density at radius 1 is 1.31 bits per heavy atom. The van der Waals surface area contributed by atoms with E-state index in [1.807, 2.05) is 22.8 Å². The zero-order chi connectivity index (χ0) is 19.0. The molecule has 7 nitrogen and oxygen atoms in total. The molecule has 1 fully saturated rings. The number of amidine groups is 2. The molecular weight excluding hydrogens is 376 g/mol. The Morgan fingerprint density at radius 2 is 2.00 bits per heavy atom. The first kappa shape index (κ1) is 18.9. The van der Waals surface area contributed by atoms with Gasteiger partial charge in [0.05, 0.1) is 6.10 Å². The van der Waals surface area contributed by atoms with Crippen LogP contribution in [0.15, 0.2) is 29.3 Å². The van der Waals surface area contributed by atoms with Crippen molar-refractivity contribution in [2.24, 2.45) is 4.99 Å². The zero-order valence-electron chi connectivity index (χ0n) is 14.7. The van der Waals surface area contributed by atoms with Crippen LogP contribution < -0.4 is 0 Å². The van der Waals surface area contributed by atoms with E-state index in [9.17, 15) is 14.7 Å². The highest BCUT2D eigenvalue weighted by Gasteiger charge is 2.53. The summed E-state index contributed by atoms with van der Waals surface area (Å²) < 4.78 is 1.84. The van der Waals surface area contributed by atoms with Gasteiger partial charge in [0.1, 0.15) is 6.54 Å². The molecule has 2 heterocycles. The van der Waals surface area contributed by atoms with E-state index < -0.39 is 18.2 Å². The highest BCUT2D eigenvalue weighted by atomic mass is 35.5. The summed E-state index contributed by atoms with van der Waals surface area (Å²) in [5.74, 6) is 0.504. The molecule has 1 aromatic carbocycles. The summed E-state index contributed by atoms with van der Waals surface area (Å²) in [5, 5.41) is 10.8. The van der Waals surface area contributed by atoms with Crippen molar-refractivity contribution in [2.45, 2.75) is 25.6 Å². The molecule has 0 aliphatic carbocycles. The molecule has 1 N–H and O–H groups in total. The standard InChI is InChI=1S/C17H20ClN4O3S/c1-10(23)9-26-16-19-14-13(15(24)21(3)17(25)20(14)2)22(16)8-11-6-4-5-7-12(11)18/h4-7,10,13,23H,8-9H2,1-3H3/q+1. The van der Waals surface area contributed by atoms with Gasteiger partial charge in [0, 0.05) is 30.4 Å². The second kappa shape index (κ2) is 7.38. The van der Waals surface area contributed by atoms with E-state index in [-0.39, 0.29) is 5.91 Å².